The van der Waals surface area contributed by atoms with Gasteiger partial charge >= 0.3 is 0 Å². The van der Waals surface area contributed by atoms with Crippen molar-refractivity contribution >= 4 is 52.0 Å². The van der Waals surface area contributed by atoms with Crippen molar-refractivity contribution in [2.24, 2.45) is 7.05 Å². The molecule has 2 N–H and O–H groups in total. The Morgan fingerprint density at radius 3 is 2.74 bits per heavy atom. The first kappa shape index (κ1) is 26.1. The molecule has 5 rings (SSSR count). The zero-order valence-electron chi connectivity index (χ0n) is 21.9. The Kier molecular flexibility index (Phi) is 7.06. The predicted octanol–water partition coefficient (Wildman–Crippen LogP) is 4.21. The van der Waals surface area contributed by atoms with Crippen molar-refractivity contribution in [3.8, 4) is 0 Å². The average molecular weight is 553 g/mol. The van der Waals surface area contributed by atoms with Crippen molar-refractivity contribution < 1.29 is 4.79 Å². The fourth-order valence-electron chi connectivity index (χ4n) is 4.84. The van der Waals surface area contributed by atoms with Gasteiger partial charge in [-0.3, -0.25) is 23.6 Å². The quantitative estimate of drug-likeness (QED) is 0.259. The highest BCUT2D eigenvalue weighted by Gasteiger charge is 2.27. The molecule has 1 amide bonds. The van der Waals surface area contributed by atoms with Crippen molar-refractivity contribution in [2.75, 3.05) is 16.5 Å². The van der Waals surface area contributed by atoms with Crippen molar-refractivity contribution in [1.29, 1.82) is 0 Å². The number of carbonyl (C=O) groups is 1. The van der Waals surface area contributed by atoms with Crippen LogP contribution in [0.25, 0.3) is 10.9 Å². The summed E-state index contributed by atoms with van der Waals surface area (Å²) >= 11 is 7.27. The van der Waals surface area contributed by atoms with Gasteiger partial charge in [-0.15, -0.1) is 0 Å². The zero-order valence-corrected chi connectivity index (χ0v) is 23.4. The van der Waals surface area contributed by atoms with E-state index in [1.165, 1.54) is 11.9 Å². The topological polar surface area (TPSA) is 110 Å². The van der Waals surface area contributed by atoms with E-state index in [9.17, 15) is 9.59 Å². The van der Waals surface area contributed by atoms with Crippen molar-refractivity contribution in [1.82, 2.24) is 29.0 Å². The summed E-state index contributed by atoms with van der Waals surface area (Å²) in [5, 5.41) is 8.81. The summed E-state index contributed by atoms with van der Waals surface area (Å²) in [5.41, 5.74) is 5.17. The third-order valence-corrected chi connectivity index (χ3v) is 7.27. The second kappa shape index (κ2) is 10.3. The minimum absolute atomic E-state index is 0.112. The Hall–Kier alpha value is -3.57. The number of hydrogen-bond donors (Lipinski definition) is 2. The molecular weight excluding hydrogens is 524 g/mol. The molecule has 0 bridgehead atoms. The van der Waals surface area contributed by atoms with Crippen molar-refractivity contribution in [3.63, 3.8) is 0 Å². The van der Waals surface area contributed by atoms with E-state index in [4.69, 9.17) is 16.6 Å². The number of aryl methyl sites for hydroxylation is 2. The van der Waals surface area contributed by atoms with E-state index < -0.39 is 0 Å². The van der Waals surface area contributed by atoms with Gasteiger partial charge in [-0.05, 0) is 44.5 Å². The Morgan fingerprint density at radius 2 is 2.03 bits per heavy atom. The van der Waals surface area contributed by atoms with E-state index in [0.29, 0.717) is 35.6 Å². The van der Waals surface area contributed by atoms with E-state index in [0.717, 1.165) is 28.9 Å². The Labute approximate surface area is 229 Å². The molecule has 4 aromatic rings. The molecule has 38 heavy (non-hydrogen) atoms. The number of aromatic nitrogens is 5. The number of carbonyl (C=O) groups excluding carboxylic acids is 1. The minimum atomic E-state index is -0.350. The van der Waals surface area contributed by atoms with Crippen LogP contribution in [-0.4, -0.2) is 36.5 Å². The number of nitrogens with one attached hydrogen (secondary N) is 2. The normalized spacial score (nSPS) is 13.6. The van der Waals surface area contributed by atoms with Gasteiger partial charge in [0.15, 0.2) is 5.69 Å². The van der Waals surface area contributed by atoms with Gasteiger partial charge in [-0.25, -0.2) is 9.97 Å². The number of benzene rings is 1. The summed E-state index contributed by atoms with van der Waals surface area (Å²) in [7, 11) is 1.76. The second-order valence-corrected chi connectivity index (χ2v) is 10.4. The number of nitrogens with zero attached hydrogens (tertiary/aromatic N) is 6. The van der Waals surface area contributed by atoms with Gasteiger partial charge in [0.1, 0.15) is 5.15 Å². The van der Waals surface area contributed by atoms with Crippen LogP contribution in [0.2, 0.25) is 5.15 Å². The molecule has 1 unspecified atom stereocenters. The second-order valence-electron chi connectivity index (χ2n) is 9.37. The molecule has 1 aromatic carbocycles. The number of anilines is 2. The number of rotatable bonds is 7. The van der Waals surface area contributed by atoms with Crippen LogP contribution in [0.1, 0.15) is 52.8 Å². The summed E-state index contributed by atoms with van der Waals surface area (Å²) in [6.45, 7) is 8.03. The van der Waals surface area contributed by atoms with Crippen LogP contribution >= 0.6 is 23.5 Å². The fraction of sp³-hybridized carbons (Fsp3) is 0.346. The van der Waals surface area contributed by atoms with E-state index in [1.807, 2.05) is 30.7 Å². The lowest BCUT2D eigenvalue weighted by Gasteiger charge is -2.23. The average Bonchev–Trinajstić information content (AvgIpc) is 3.46. The maximum absolute atomic E-state index is 13.5. The van der Waals surface area contributed by atoms with Crippen LogP contribution in [0.5, 0.6) is 0 Å². The van der Waals surface area contributed by atoms with E-state index >= 15 is 0 Å². The molecule has 0 saturated heterocycles. The van der Waals surface area contributed by atoms with Gasteiger partial charge in [0, 0.05) is 43.7 Å². The first-order chi connectivity index (χ1) is 18.2. The highest BCUT2D eigenvalue weighted by Crippen LogP contribution is 2.31. The highest BCUT2D eigenvalue weighted by atomic mass is 35.5. The molecule has 0 aliphatic carbocycles. The van der Waals surface area contributed by atoms with E-state index in [2.05, 4.69) is 38.1 Å². The molecule has 1 atom stereocenters. The third-order valence-electron chi connectivity index (χ3n) is 6.67. The van der Waals surface area contributed by atoms with Crippen molar-refractivity contribution in [3.05, 3.63) is 74.0 Å². The molecule has 4 heterocycles. The van der Waals surface area contributed by atoms with Crippen LogP contribution in [0.15, 0.2) is 35.3 Å². The maximum atomic E-state index is 13.5. The van der Waals surface area contributed by atoms with Gasteiger partial charge < -0.3 is 10.2 Å². The number of hydrogen-bond acceptors (Lipinski definition) is 8. The van der Waals surface area contributed by atoms with Gasteiger partial charge in [0.2, 0.25) is 5.95 Å². The highest BCUT2D eigenvalue weighted by molar-refractivity contribution is 7.97. The van der Waals surface area contributed by atoms with Gasteiger partial charge in [0.25, 0.3) is 11.5 Å². The molecule has 0 radical (unpaired) electrons. The fourth-order valence-corrected chi connectivity index (χ4v) is 5.27. The number of halogens is 1. The number of amides is 1. The summed E-state index contributed by atoms with van der Waals surface area (Å²) in [5.74, 6) is 0.241. The Balaban J connectivity index is 1.55. The minimum Gasteiger partial charge on any atom is -0.377 e. The summed E-state index contributed by atoms with van der Waals surface area (Å²) in [6, 6.07) is 6.96. The lowest BCUT2D eigenvalue weighted by molar-refractivity contribution is 0.0980. The van der Waals surface area contributed by atoms with Crippen LogP contribution < -0.4 is 20.5 Å². The summed E-state index contributed by atoms with van der Waals surface area (Å²) in [6.07, 6.45) is 3.82. The zero-order chi connectivity index (χ0) is 27.1. The largest absolute Gasteiger partial charge is 0.377 e. The first-order valence-electron chi connectivity index (χ1n) is 12.3. The monoisotopic (exact) mass is 552 g/mol. The Bertz CT molecular complexity index is 1590. The van der Waals surface area contributed by atoms with Gasteiger partial charge in [0.05, 0.1) is 34.9 Å². The standard InChI is InChI=1S/C26H29ClN8O2S/c1-6-35-12-16-11-34(13-20(16)31-35)26-30-22-17(9-14(2)10-18(22)25(37)33(26)4)15(3)28-19-7-8-21(27)29-23(19)24(36)32-38-5/h7-10,12,15,28H,6,11,13H2,1-5H3,(H,32,36). The lowest BCUT2D eigenvalue weighted by atomic mass is 10.0. The molecule has 1 aliphatic heterocycles. The third kappa shape index (κ3) is 4.71. The molecule has 0 spiro atoms. The molecule has 12 heteroatoms. The van der Waals surface area contributed by atoms with Crippen LogP contribution in [0.3, 0.4) is 0 Å². The number of pyridine rings is 1. The maximum Gasteiger partial charge on any atom is 0.281 e. The Morgan fingerprint density at radius 1 is 1.24 bits per heavy atom. The van der Waals surface area contributed by atoms with E-state index in [1.54, 1.807) is 30.0 Å². The van der Waals surface area contributed by atoms with Crippen LogP contribution in [-0.2, 0) is 26.7 Å². The number of fused-ring (bicyclic) bond motifs is 2. The van der Waals surface area contributed by atoms with Crippen LogP contribution in [0, 0.1) is 6.92 Å². The molecule has 3 aromatic heterocycles. The molecule has 10 nitrogen and oxygen atoms in total. The molecule has 198 valence electrons. The lowest BCUT2D eigenvalue weighted by Crippen LogP contribution is -2.29. The van der Waals surface area contributed by atoms with Gasteiger partial charge in [-0.2, -0.15) is 5.10 Å². The SMILES string of the molecule is CCn1cc2c(n1)CN(c1nc3c(C(C)Nc4ccc(Cl)nc4C(=O)NSC)cc(C)cc3c(=O)n1C)C2. The van der Waals surface area contributed by atoms with Crippen molar-refractivity contribution in [2.45, 2.75) is 46.4 Å². The first-order valence-corrected chi connectivity index (χ1v) is 13.9. The summed E-state index contributed by atoms with van der Waals surface area (Å²) < 4.78 is 6.24. The molecular formula is C26H29ClN8O2S. The van der Waals surface area contributed by atoms with E-state index in [-0.39, 0.29) is 28.4 Å². The summed E-state index contributed by atoms with van der Waals surface area (Å²) in [4.78, 5) is 37.5. The molecule has 0 saturated carbocycles. The smallest absolute Gasteiger partial charge is 0.281 e. The predicted molar refractivity (Wildman–Crippen MR) is 152 cm³/mol. The molecule has 0 fully saturated rings. The van der Waals surface area contributed by atoms with Gasteiger partial charge in [-0.1, -0.05) is 29.6 Å². The molecule has 1 aliphatic rings. The van der Waals surface area contributed by atoms with Crippen LogP contribution in [0.4, 0.5) is 11.6 Å².